The molecule has 1 aliphatic rings. The third-order valence-electron chi connectivity index (χ3n) is 4.80. The Kier molecular flexibility index (Phi) is 5.94. The first-order valence-electron chi connectivity index (χ1n) is 9.67. The average molecular weight is 424 g/mol. The second-order valence-corrected chi connectivity index (χ2v) is 7.47. The molecule has 9 heteroatoms. The molecule has 0 spiro atoms. The summed E-state index contributed by atoms with van der Waals surface area (Å²) in [6.45, 7) is 4.58. The highest BCUT2D eigenvalue weighted by Gasteiger charge is 2.22. The number of aryl methyl sites for hydroxylation is 1. The SMILES string of the molecule is Cc1ccc(Nc2ccc(N3CCN(C(=O)Nc4ccc(Cl)cc4)CC3)nn2)nc1. The van der Waals surface area contributed by atoms with Gasteiger partial charge in [-0.1, -0.05) is 17.7 Å². The van der Waals surface area contributed by atoms with Crippen LogP contribution in [0.5, 0.6) is 0 Å². The Labute approximate surface area is 179 Å². The zero-order chi connectivity index (χ0) is 20.9. The maximum absolute atomic E-state index is 12.5. The summed E-state index contributed by atoms with van der Waals surface area (Å²) in [5.41, 5.74) is 1.83. The van der Waals surface area contributed by atoms with Gasteiger partial charge in [0.25, 0.3) is 0 Å². The molecule has 1 saturated heterocycles. The molecule has 30 heavy (non-hydrogen) atoms. The zero-order valence-electron chi connectivity index (χ0n) is 16.5. The molecule has 1 fully saturated rings. The standard InChI is InChI=1S/C21H22ClN7O/c1-15-2-7-18(23-14-15)25-19-8-9-20(27-26-19)28-10-12-29(13-11-28)21(30)24-17-5-3-16(22)4-6-17/h2-9,14H,10-13H2,1H3,(H,24,30)(H,23,25,26). The molecule has 0 bridgehead atoms. The van der Waals surface area contributed by atoms with Crippen LogP contribution < -0.4 is 15.5 Å². The Balaban J connectivity index is 1.29. The summed E-state index contributed by atoms with van der Waals surface area (Å²) < 4.78 is 0. The maximum Gasteiger partial charge on any atom is 0.321 e. The summed E-state index contributed by atoms with van der Waals surface area (Å²) in [4.78, 5) is 20.7. The van der Waals surface area contributed by atoms with E-state index in [-0.39, 0.29) is 6.03 Å². The third-order valence-corrected chi connectivity index (χ3v) is 5.06. The van der Waals surface area contributed by atoms with E-state index in [0.717, 1.165) is 22.9 Å². The topological polar surface area (TPSA) is 86.3 Å². The number of carbonyl (C=O) groups excluding carboxylic acids is 1. The fourth-order valence-corrected chi connectivity index (χ4v) is 3.23. The van der Waals surface area contributed by atoms with Crippen LogP contribution in [0.15, 0.2) is 54.7 Å². The minimum atomic E-state index is -0.117. The lowest BCUT2D eigenvalue weighted by atomic mass is 10.3. The van der Waals surface area contributed by atoms with E-state index in [1.54, 1.807) is 35.4 Å². The number of nitrogens with one attached hydrogen (secondary N) is 2. The van der Waals surface area contributed by atoms with Gasteiger partial charge < -0.3 is 20.4 Å². The molecule has 1 aliphatic heterocycles. The van der Waals surface area contributed by atoms with Gasteiger partial charge in [-0.15, -0.1) is 10.2 Å². The van der Waals surface area contributed by atoms with Gasteiger partial charge in [-0.05, 0) is 55.0 Å². The molecule has 1 aromatic carbocycles. The third kappa shape index (κ3) is 4.96. The minimum Gasteiger partial charge on any atom is -0.352 e. The van der Waals surface area contributed by atoms with Crippen molar-refractivity contribution in [2.75, 3.05) is 41.7 Å². The molecule has 0 atom stereocenters. The van der Waals surface area contributed by atoms with Gasteiger partial charge in [-0.3, -0.25) is 0 Å². The lowest BCUT2D eigenvalue weighted by molar-refractivity contribution is 0.208. The van der Waals surface area contributed by atoms with Crippen molar-refractivity contribution in [3.05, 3.63) is 65.3 Å². The van der Waals surface area contributed by atoms with Gasteiger partial charge in [0.15, 0.2) is 11.6 Å². The van der Waals surface area contributed by atoms with Crippen molar-refractivity contribution in [3.63, 3.8) is 0 Å². The van der Waals surface area contributed by atoms with E-state index in [0.29, 0.717) is 37.0 Å². The van der Waals surface area contributed by atoms with Crippen LogP contribution in [0.2, 0.25) is 5.02 Å². The highest BCUT2D eigenvalue weighted by atomic mass is 35.5. The largest absolute Gasteiger partial charge is 0.352 e. The van der Waals surface area contributed by atoms with Crippen molar-refractivity contribution in [1.82, 2.24) is 20.1 Å². The van der Waals surface area contributed by atoms with E-state index < -0.39 is 0 Å². The van der Waals surface area contributed by atoms with E-state index in [9.17, 15) is 4.79 Å². The fourth-order valence-electron chi connectivity index (χ4n) is 3.11. The average Bonchev–Trinajstić information content (AvgIpc) is 2.77. The number of anilines is 4. The molecule has 3 heterocycles. The number of amides is 2. The Bertz CT molecular complexity index is 985. The van der Waals surface area contributed by atoms with E-state index in [2.05, 4.69) is 30.7 Å². The summed E-state index contributed by atoms with van der Waals surface area (Å²) in [5, 5.41) is 15.2. The molecule has 0 aliphatic carbocycles. The van der Waals surface area contributed by atoms with Gasteiger partial charge >= 0.3 is 6.03 Å². The van der Waals surface area contributed by atoms with Crippen LogP contribution in [0.1, 0.15) is 5.56 Å². The van der Waals surface area contributed by atoms with Gasteiger partial charge in [0.1, 0.15) is 5.82 Å². The summed E-state index contributed by atoms with van der Waals surface area (Å²) in [6.07, 6.45) is 1.80. The molecular weight excluding hydrogens is 402 g/mol. The van der Waals surface area contributed by atoms with Crippen LogP contribution in [0, 0.1) is 6.92 Å². The smallest absolute Gasteiger partial charge is 0.321 e. The van der Waals surface area contributed by atoms with E-state index >= 15 is 0 Å². The van der Waals surface area contributed by atoms with Crippen LogP contribution in [0.3, 0.4) is 0 Å². The molecule has 4 rings (SSSR count). The fraction of sp³-hybridized carbons (Fsp3) is 0.238. The quantitative estimate of drug-likeness (QED) is 0.661. The number of carbonyl (C=O) groups is 1. The van der Waals surface area contributed by atoms with Gasteiger partial charge in [-0.25, -0.2) is 9.78 Å². The molecule has 3 aromatic rings. The van der Waals surface area contributed by atoms with Crippen molar-refractivity contribution in [3.8, 4) is 0 Å². The number of piperazine rings is 1. The van der Waals surface area contributed by atoms with Crippen LogP contribution in [-0.4, -0.2) is 52.3 Å². The van der Waals surface area contributed by atoms with Crippen LogP contribution >= 0.6 is 11.6 Å². The molecular formula is C21H22ClN7O. The van der Waals surface area contributed by atoms with E-state index in [1.165, 1.54) is 0 Å². The van der Waals surface area contributed by atoms with Crippen LogP contribution in [-0.2, 0) is 0 Å². The zero-order valence-corrected chi connectivity index (χ0v) is 17.3. The lowest BCUT2D eigenvalue weighted by Crippen LogP contribution is -2.50. The van der Waals surface area contributed by atoms with Crippen LogP contribution in [0.4, 0.5) is 27.9 Å². The number of aromatic nitrogens is 3. The van der Waals surface area contributed by atoms with Gasteiger partial charge in [0.05, 0.1) is 0 Å². The predicted octanol–water partition coefficient (Wildman–Crippen LogP) is 3.93. The second kappa shape index (κ2) is 8.96. The molecule has 8 nitrogen and oxygen atoms in total. The number of benzene rings is 1. The first-order chi connectivity index (χ1) is 14.6. The molecule has 0 radical (unpaired) electrons. The van der Waals surface area contributed by atoms with Gasteiger partial charge in [0.2, 0.25) is 0 Å². The summed E-state index contributed by atoms with van der Waals surface area (Å²) in [6, 6.07) is 14.6. The highest BCUT2D eigenvalue weighted by molar-refractivity contribution is 6.30. The Morgan fingerprint density at radius 1 is 0.933 bits per heavy atom. The van der Waals surface area contributed by atoms with E-state index in [1.807, 2.05) is 31.2 Å². The second-order valence-electron chi connectivity index (χ2n) is 7.03. The minimum absolute atomic E-state index is 0.117. The normalized spacial score (nSPS) is 13.8. The summed E-state index contributed by atoms with van der Waals surface area (Å²) in [7, 11) is 0. The number of rotatable bonds is 4. The number of pyridine rings is 1. The Morgan fingerprint density at radius 2 is 1.67 bits per heavy atom. The molecule has 154 valence electrons. The number of hydrogen-bond acceptors (Lipinski definition) is 6. The number of nitrogens with zero attached hydrogens (tertiary/aromatic N) is 5. The molecule has 2 aromatic heterocycles. The van der Waals surface area contributed by atoms with E-state index in [4.69, 9.17) is 11.6 Å². The molecule has 0 unspecified atom stereocenters. The number of urea groups is 1. The Morgan fingerprint density at radius 3 is 2.30 bits per heavy atom. The van der Waals surface area contributed by atoms with Crippen LogP contribution in [0.25, 0.3) is 0 Å². The molecule has 2 amide bonds. The maximum atomic E-state index is 12.5. The first kappa shape index (κ1) is 19.9. The lowest BCUT2D eigenvalue weighted by Gasteiger charge is -2.35. The highest BCUT2D eigenvalue weighted by Crippen LogP contribution is 2.18. The van der Waals surface area contributed by atoms with Crippen molar-refractivity contribution in [1.29, 1.82) is 0 Å². The first-order valence-corrected chi connectivity index (χ1v) is 10.0. The number of hydrogen-bond donors (Lipinski definition) is 2. The molecule has 0 saturated carbocycles. The van der Waals surface area contributed by atoms with Crippen molar-refractivity contribution in [2.24, 2.45) is 0 Å². The molecule has 2 N–H and O–H groups in total. The van der Waals surface area contributed by atoms with Crippen molar-refractivity contribution < 1.29 is 4.79 Å². The summed E-state index contributed by atoms with van der Waals surface area (Å²) in [5.74, 6) is 2.15. The van der Waals surface area contributed by atoms with Crippen molar-refractivity contribution >= 4 is 40.8 Å². The van der Waals surface area contributed by atoms with Crippen molar-refractivity contribution in [2.45, 2.75) is 6.92 Å². The Hall–Kier alpha value is -3.39. The monoisotopic (exact) mass is 423 g/mol. The van der Waals surface area contributed by atoms with Gasteiger partial charge in [0, 0.05) is 43.1 Å². The number of halogens is 1. The predicted molar refractivity (Wildman–Crippen MR) is 119 cm³/mol. The summed E-state index contributed by atoms with van der Waals surface area (Å²) >= 11 is 5.88. The van der Waals surface area contributed by atoms with Gasteiger partial charge in [-0.2, -0.15) is 0 Å².